The van der Waals surface area contributed by atoms with Crippen LogP contribution in [-0.4, -0.2) is 55.9 Å². The Morgan fingerprint density at radius 2 is 1.79 bits per heavy atom. The summed E-state index contributed by atoms with van der Waals surface area (Å²) in [5.74, 6) is -1.05. The van der Waals surface area contributed by atoms with Crippen LogP contribution in [0.2, 0.25) is 5.02 Å². The first-order valence-electron chi connectivity index (χ1n) is 13.9. The van der Waals surface area contributed by atoms with E-state index >= 15 is 0 Å². The molecular formula is C33H32ClN5O4. The monoisotopic (exact) mass is 597 g/mol. The lowest BCUT2D eigenvalue weighted by atomic mass is 9.95. The van der Waals surface area contributed by atoms with E-state index in [2.05, 4.69) is 15.6 Å². The number of benzene rings is 3. The maximum atomic E-state index is 13.7. The predicted molar refractivity (Wildman–Crippen MR) is 165 cm³/mol. The standard InChI is InChI=1S/C33H32ClN5O4/c1-33(2,3)43-32(42)23-9-12-26(13-10-23)36-31(41)29(19-22-7-5-4-6-8-22)38-17-15-24(20-30(38)40)27-21-25(34)11-14-28(27)39-18-16-35-37-39/h4-14,16,18,20-21,29H,15,17,19H2,1-3H3,(H,36,41)/t29-/m0/s1. The van der Waals surface area contributed by atoms with Crippen LogP contribution in [0, 0.1) is 0 Å². The molecule has 5 rings (SSSR count). The van der Waals surface area contributed by atoms with Crippen LogP contribution in [0.15, 0.2) is 91.3 Å². The van der Waals surface area contributed by atoms with Gasteiger partial charge in [0.25, 0.3) is 0 Å². The topological polar surface area (TPSA) is 106 Å². The van der Waals surface area contributed by atoms with Gasteiger partial charge in [0, 0.05) is 35.3 Å². The molecule has 0 spiro atoms. The van der Waals surface area contributed by atoms with Crippen LogP contribution in [0.1, 0.15) is 48.7 Å². The second-order valence-electron chi connectivity index (χ2n) is 11.2. The van der Waals surface area contributed by atoms with Crippen molar-refractivity contribution in [2.45, 2.75) is 45.3 Å². The summed E-state index contributed by atoms with van der Waals surface area (Å²) < 4.78 is 7.05. The first-order chi connectivity index (χ1) is 20.6. The molecule has 1 aliphatic rings. The van der Waals surface area contributed by atoms with Gasteiger partial charge in [-0.3, -0.25) is 9.59 Å². The van der Waals surface area contributed by atoms with Crippen molar-refractivity contribution < 1.29 is 19.1 Å². The fourth-order valence-corrected chi connectivity index (χ4v) is 5.09. The molecule has 0 bridgehead atoms. The Bertz CT molecular complexity index is 1650. The van der Waals surface area contributed by atoms with Gasteiger partial charge in [-0.2, -0.15) is 0 Å². The summed E-state index contributed by atoms with van der Waals surface area (Å²) in [7, 11) is 0. The molecule has 4 aromatic rings. The number of halogens is 1. The van der Waals surface area contributed by atoms with Gasteiger partial charge >= 0.3 is 5.97 Å². The van der Waals surface area contributed by atoms with E-state index in [0.29, 0.717) is 35.7 Å². The Morgan fingerprint density at radius 1 is 1.05 bits per heavy atom. The quantitative estimate of drug-likeness (QED) is 0.260. The van der Waals surface area contributed by atoms with Crippen LogP contribution < -0.4 is 5.32 Å². The first-order valence-corrected chi connectivity index (χ1v) is 14.3. The molecule has 0 aliphatic carbocycles. The van der Waals surface area contributed by atoms with Crippen LogP contribution >= 0.6 is 11.6 Å². The van der Waals surface area contributed by atoms with Gasteiger partial charge in [-0.15, -0.1) is 5.10 Å². The third-order valence-electron chi connectivity index (χ3n) is 6.91. The van der Waals surface area contributed by atoms with E-state index in [1.165, 1.54) is 0 Å². The minimum Gasteiger partial charge on any atom is -0.456 e. The van der Waals surface area contributed by atoms with Crippen LogP contribution in [0.4, 0.5) is 5.69 Å². The molecule has 1 aliphatic heterocycles. The zero-order chi connectivity index (χ0) is 30.6. The van der Waals surface area contributed by atoms with Gasteiger partial charge in [0.2, 0.25) is 11.8 Å². The summed E-state index contributed by atoms with van der Waals surface area (Å²) in [4.78, 5) is 41.4. The Morgan fingerprint density at radius 3 is 2.44 bits per heavy atom. The van der Waals surface area contributed by atoms with Gasteiger partial charge in [0.15, 0.2) is 0 Å². The van der Waals surface area contributed by atoms with E-state index in [0.717, 1.165) is 22.4 Å². The van der Waals surface area contributed by atoms with Gasteiger partial charge in [-0.1, -0.05) is 47.1 Å². The Kier molecular flexibility index (Phi) is 8.73. The largest absolute Gasteiger partial charge is 0.456 e. The number of nitrogens with one attached hydrogen (secondary N) is 1. The molecule has 2 amide bonds. The number of rotatable bonds is 8. The highest BCUT2D eigenvalue weighted by Gasteiger charge is 2.32. The number of carbonyl (C=O) groups excluding carboxylic acids is 3. The SMILES string of the molecule is CC(C)(C)OC(=O)c1ccc(NC(=O)[C@H](Cc2ccccc2)N2CCC(c3cc(Cl)ccc3-n3ccnn3)=CC2=O)cc1. The first kappa shape index (κ1) is 29.7. The summed E-state index contributed by atoms with van der Waals surface area (Å²) in [5.41, 5.74) is 3.52. The van der Waals surface area contributed by atoms with Crippen molar-refractivity contribution in [3.05, 3.63) is 113 Å². The van der Waals surface area contributed by atoms with Gasteiger partial charge in [-0.05, 0) is 80.8 Å². The zero-order valence-corrected chi connectivity index (χ0v) is 24.9. The highest BCUT2D eigenvalue weighted by atomic mass is 35.5. The van der Waals surface area contributed by atoms with Crippen molar-refractivity contribution in [2.24, 2.45) is 0 Å². The number of ether oxygens (including phenoxy) is 1. The van der Waals surface area contributed by atoms with Crippen molar-refractivity contribution in [3.8, 4) is 5.69 Å². The minimum absolute atomic E-state index is 0.276. The van der Waals surface area contributed by atoms with E-state index in [1.54, 1.807) is 79.2 Å². The molecule has 10 heteroatoms. The highest BCUT2D eigenvalue weighted by Crippen LogP contribution is 2.31. The molecule has 0 unspecified atom stereocenters. The molecule has 0 radical (unpaired) electrons. The zero-order valence-electron chi connectivity index (χ0n) is 24.2. The van der Waals surface area contributed by atoms with E-state index in [9.17, 15) is 14.4 Å². The fraction of sp³-hybridized carbons (Fsp3) is 0.242. The predicted octanol–water partition coefficient (Wildman–Crippen LogP) is 5.74. The summed E-state index contributed by atoms with van der Waals surface area (Å²) >= 11 is 6.33. The normalized spacial score (nSPS) is 14.2. The number of aromatic nitrogens is 3. The molecule has 3 aromatic carbocycles. The average Bonchev–Trinajstić information content (AvgIpc) is 3.51. The van der Waals surface area contributed by atoms with Crippen LogP contribution in [0.3, 0.4) is 0 Å². The van der Waals surface area contributed by atoms with Gasteiger partial charge < -0.3 is 15.0 Å². The molecule has 0 fully saturated rings. The summed E-state index contributed by atoms with van der Waals surface area (Å²) in [5, 5.41) is 11.5. The number of hydrogen-bond donors (Lipinski definition) is 1. The molecule has 1 aromatic heterocycles. The Hall–Kier alpha value is -4.76. The van der Waals surface area contributed by atoms with Crippen molar-refractivity contribution in [3.63, 3.8) is 0 Å². The van der Waals surface area contributed by atoms with Crippen molar-refractivity contribution in [2.75, 3.05) is 11.9 Å². The van der Waals surface area contributed by atoms with E-state index in [1.807, 2.05) is 42.5 Å². The third-order valence-corrected chi connectivity index (χ3v) is 7.15. The van der Waals surface area contributed by atoms with Gasteiger partial charge in [0.05, 0.1) is 23.6 Å². The smallest absolute Gasteiger partial charge is 0.338 e. The fourth-order valence-electron chi connectivity index (χ4n) is 4.91. The number of amides is 2. The van der Waals surface area contributed by atoms with Crippen molar-refractivity contribution in [1.29, 1.82) is 0 Å². The molecule has 0 saturated carbocycles. The Labute approximate surface area is 255 Å². The molecular weight excluding hydrogens is 566 g/mol. The van der Waals surface area contributed by atoms with E-state index < -0.39 is 17.6 Å². The maximum absolute atomic E-state index is 13.7. The summed E-state index contributed by atoms with van der Waals surface area (Å²) in [6.07, 6.45) is 5.72. The lowest BCUT2D eigenvalue weighted by Crippen LogP contribution is -2.49. The second-order valence-corrected chi connectivity index (χ2v) is 11.7. The molecule has 2 heterocycles. The maximum Gasteiger partial charge on any atom is 0.338 e. The van der Waals surface area contributed by atoms with Gasteiger partial charge in [-0.25, -0.2) is 9.48 Å². The lowest BCUT2D eigenvalue weighted by molar-refractivity contribution is -0.135. The van der Waals surface area contributed by atoms with E-state index in [4.69, 9.17) is 16.3 Å². The third kappa shape index (κ3) is 7.37. The molecule has 1 atom stereocenters. The van der Waals surface area contributed by atoms with Crippen molar-refractivity contribution in [1.82, 2.24) is 19.9 Å². The summed E-state index contributed by atoms with van der Waals surface area (Å²) in [6.45, 7) is 5.74. The highest BCUT2D eigenvalue weighted by molar-refractivity contribution is 6.30. The second kappa shape index (κ2) is 12.6. The van der Waals surface area contributed by atoms with Crippen LogP contribution in [0.25, 0.3) is 11.3 Å². The molecule has 220 valence electrons. The van der Waals surface area contributed by atoms with Crippen molar-refractivity contribution >= 4 is 40.6 Å². The van der Waals surface area contributed by atoms with Gasteiger partial charge in [0.1, 0.15) is 11.6 Å². The molecule has 43 heavy (non-hydrogen) atoms. The minimum atomic E-state index is -0.771. The molecule has 0 saturated heterocycles. The number of nitrogens with zero attached hydrogens (tertiary/aromatic N) is 4. The van der Waals surface area contributed by atoms with E-state index in [-0.39, 0.29) is 11.8 Å². The summed E-state index contributed by atoms with van der Waals surface area (Å²) in [6, 6.07) is 20.7. The number of hydrogen-bond acceptors (Lipinski definition) is 6. The average molecular weight is 598 g/mol. The number of esters is 1. The van der Waals surface area contributed by atoms with Crippen LogP contribution in [-0.2, 0) is 20.7 Å². The number of carbonyl (C=O) groups is 3. The Balaban J connectivity index is 1.38. The van der Waals surface area contributed by atoms with Crippen LogP contribution in [0.5, 0.6) is 0 Å². The lowest BCUT2D eigenvalue weighted by Gasteiger charge is -2.33. The molecule has 9 nitrogen and oxygen atoms in total. The number of anilines is 1. The molecule has 1 N–H and O–H groups in total.